The minimum absolute atomic E-state index is 0.0383. The van der Waals surface area contributed by atoms with Gasteiger partial charge < -0.3 is 20.5 Å². The molecule has 1 fully saturated rings. The molecule has 2 aromatic carbocycles. The SMILES string of the molecule is CC(C)(CNC(=O)OCC1c2ccccc2-c2ccccc21)C(=O)NC1(C)CCCCC1C(=O)O. The Morgan fingerprint density at radius 3 is 2.23 bits per heavy atom. The molecular weight excluding hydrogens is 444 g/mol. The van der Waals surface area contributed by atoms with E-state index in [9.17, 15) is 19.5 Å². The number of aliphatic carboxylic acids is 1. The number of hydrogen-bond acceptors (Lipinski definition) is 4. The third-order valence-electron chi connectivity index (χ3n) is 7.54. The van der Waals surface area contributed by atoms with Crippen LogP contribution in [-0.2, 0) is 14.3 Å². The molecule has 2 atom stereocenters. The number of hydrogen-bond donors (Lipinski definition) is 3. The molecule has 0 radical (unpaired) electrons. The maximum absolute atomic E-state index is 13.1. The highest BCUT2D eigenvalue weighted by molar-refractivity contribution is 5.84. The monoisotopic (exact) mass is 478 g/mol. The van der Waals surface area contributed by atoms with Gasteiger partial charge in [-0.2, -0.15) is 0 Å². The van der Waals surface area contributed by atoms with Crippen LogP contribution in [0.3, 0.4) is 0 Å². The van der Waals surface area contributed by atoms with Crippen LogP contribution in [0, 0.1) is 11.3 Å². The molecule has 0 bridgehead atoms. The number of carbonyl (C=O) groups excluding carboxylic acids is 2. The summed E-state index contributed by atoms with van der Waals surface area (Å²) in [5.41, 5.74) is 2.85. The highest BCUT2D eigenvalue weighted by Gasteiger charge is 2.44. The van der Waals surface area contributed by atoms with E-state index >= 15 is 0 Å². The van der Waals surface area contributed by atoms with Crippen molar-refractivity contribution in [2.24, 2.45) is 11.3 Å². The fraction of sp³-hybridized carbons (Fsp3) is 0.464. The van der Waals surface area contributed by atoms with Gasteiger partial charge >= 0.3 is 12.1 Å². The Bertz CT molecular complexity index is 1080. The van der Waals surface area contributed by atoms with E-state index in [2.05, 4.69) is 34.9 Å². The van der Waals surface area contributed by atoms with Gasteiger partial charge in [0, 0.05) is 12.5 Å². The molecule has 4 rings (SSSR count). The Morgan fingerprint density at radius 1 is 1.03 bits per heavy atom. The molecule has 7 nitrogen and oxygen atoms in total. The van der Waals surface area contributed by atoms with Crippen molar-refractivity contribution in [3.05, 3.63) is 59.7 Å². The average Bonchev–Trinajstić information content (AvgIpc) is 3.15. The summed E-state index contributed by atoms with van der Waals surface area (Å²) in [5, 5.41) is 15.3. The molecule has 0 spiro atoms. The third-order valence-corrected chi connectivity index (χ3v) is 7.54. The summed E-state index contributed by atoms with van der Waals surface area (Å²) in [6.45, 7) is 5.54. The van der Waals surface area contributed by atoms with Crippen LogP contribution in [0.15, 0.2) is 48.5 Å². The first-order chi connectivity index (χ1) is 16.6. The Labute approximate surface area is 206 Å². The van der Waals surface area contributed by atoms with Crippen molar-refractivity contribution < 1.29 is 24.2 Å². The van der Waals surface area contributed by atoms with E-state index < -0.39 is 28.9 Å². The quantitative estimate of drug-likeness (QED) is 0.535. The summed E-state index contributed by atoms with van der Waals surface area (Å²) in [6, 6.07) is 16.3. The first kappa shape index (κ1) is 24.8. The maximum Gasteiger partial charge on any atom is 0.407 e. The molecule has 2 aliphatic carbocycles. The van der Waals surface area contributed by atoms with E-state index in [4.69, 9.17) is 4.74 Å². The van der Waals surface area contributed by atoms with Gasteiger partial charge in [0.25, 0.3) is 0 Å². The maximum atomic E-state index is 13.1. The average molecular weight is 479 g/mol. The third kappa shape index (κ3) is 5.04. The summed E-state index contributed by atoms with van der Waals surface area (Å²) in [5.74, 6) is -1.83. The second-order valence-corrected chi connectivity index (χ2v) is 10.6. The molecule has 3 N–H and O–H groups in total. The summed E-state index contributed by atoms with van der Waals surface area (Å²) in [6.07, 6.45) is 2.30. The number of fused-ring (bicyclic) bond motifs is 3. The number of carboxylic acid groups (broad SMARTS) is 1. The topological polar surface area (TPSA) is 105 Å². The molecule has 2 aromatic rings. The van der Waals surface area contributed by atoms with Gasteiger partial charge in [-0.25, -0.2) is 4.79 Å². The molecule has 2 aliphatic rings. The summed E-state index contributed by atoms with van der Waals surface area (Å²) < 4.78 is 5.57. The van der Waals surface area contributed by atoms with Gasteiger partial charge in [0.15, 0.2) is 0 Å². The normalized spacial score (nSPS) is 21.5. The number of alkyl carbamates (subject to hydrolysis) is 1. The largest absolute Gasteiger partial charge is 0.481 e. The van der Waals surface area contributed by atoms with E-state index in [1.165, 1.54) is 0 Å². The highest BCUT2D eigenvalue weighted by atomic mass is 16.5. The molecule has 7 heteroatoms. The van der Waals surface area contributed by atoms with Crippen LogP contribution in [0.1, 0.15) is 63.5 Å². The number of ether oxygens (including phenoxy) is 1. The molecule has 35 heavy (non-hydrogen) atoms. The van der Waals surface area contributed by atoms with Gasteiger partial charge in [-0.1, -0.05) is 61.4 Å². The summed E-state index contributed by atoms with van der Waals surface area (Å²) in [7, 11) is 0. The minimum atomic E-state index is -0.935. The van der Waals surface area contributed by atoms with Gasteiger partial charge in [-0.3, -0.25) is 9.59 Å². The smallest absolute Gasteiger partial charge is 0.407 e. The van der Waals surface area contributed by atoms with Crippen LogP contribution >= 0.6 is 0 Å². The van der Waals surface area contributed by atoms with Crippen LogP contribution in [0.5, 0.6) is 0 Å². The number of amides is 2. The number of carboxylic acids is 1. The predicted octanol–water partition coefficient (Wildman–Crippen LogP) is 4.70. The summed E-state index contributed by atoms with van der Waals surface area (Å²) >= 11 is 0. The van der Waals surface area contributed by atoms with Crippen molar-refractivity contribution in [2.45, 2.75) is 57.9 Å². The fourth-order valence-electron chi connectivity index (χ4n) is 5.33. The van der Waals surface area contributed by atoms with Crippen molar-refractivity contribution >= 4 is 18.0 Å². The van der Waals surface area contributed by atoms with Gasteiger partial charge in [-0.15, -0.1) is 0 Å². The van der Waals surface area contributed by atoms with Crippen LogP contribution in [0.2, 0.25) is 0 Å². The highest BCUT2D eigenvalue weighted by Crippen LogP contribution is 2.44. The second kappa shape index (κ2) is 9.72. The Morgan fingerprint density at radius 2 is 1.63 bits per heavy atom. The first-order valence-electron chi connectivity index (χ1n) is 12.3. The molecule has 0 aliphatic heterocycles. The molecule has 0 saturated heterocycles. The first-order valence-corrected chi connectivity index (χ1v) is 12.3. The van der Waals surface area contributed by atoms with E-state index in [0.717, 1.165) is 35.1 Å². The van der Waals surface area contributed by atoms with E-state index in [0.29, 0.717) is 12.8 Å². The van der Waals surface area contributed by atoms with E-state index in [1.807, 2.05) is 24.3 Å². The molecular formula is C28H34N2O5. The lowest BCUT2D eigenvalue weighted by Crippen LogP contribution is -2.59. The van der Waals surface area contributed by atoms with E-state index in [1.54, 1.807) is 20.8 Å². The zero-order valence-electron chi connectivity index (χ0n) is 20.6. The summed E-state index contributed by atoms with van der Waals surface area (Å²) in [4.78, 5) is 37.3. The second-order valence-electron chi connectivity index (χ2n) is 10.6. The zero-order chi connectivity index (χ0) is 25.2. The zero-order valence-corrected chi connectivity index (χ0v) is 20.6. The number of rotatable bonds is 7. The van der Waals surface area contributed by atoms with E-state index in [-0.39, 0.29) is 25.0 Å². The van der Waals surface area contributed by atoms with Crippen LogP contribution in [-0.4, -0.2) is 41.8 Å². The minimum Gasteiger partial charge on any atom is -0.481 e. The lowest BCUT2D eigenvalue weighted by Gasteiger charge is -2.41. The van der Waals surface area contributed by atoms with Crippen molar-refractivity contribution in [2.75, 3.05) is 13.2 Å². The van der Waals surface area contributed by atoms with Gasteiger partial charge in [0.2, 0.25) is 5.91 Å². The van der Waals surface area contributed by atoms with Crippen molar-refractivity contribution in [1.82, 2.24) is 10.6 Å². The predicted molar refractivity (Wildman–Crippen MR) is 133 cm³/mol. The Kier molecular flexibility index (Phi) is 6.88. The lowest BCUT2D eigenvalue weighted by molar-refractivity contribution is -0.147. The number of nitrogens with one attached hydrogen (secondary N) is 2. The molecule has 2 unspecified atom stereocenters. The van der Waals surface area contributed by atoms with Crippen molar-refractivity contribution in [3.8, 4) is 11.1 Å². The molecule has 0 aromatic heterocycles. The van der Waals surface area contributed by atoms with Crippen molar-refractivity contribution in [1.29, 1.82) is 0 Å². The molecule has 2 amide bonds. The molecule has 0 heterocycles. The van der Waals surface area contributed by atoms with Crippen LogP contribution in [0.25, 0.3) is 11.1 Å². The van der Waals surface area contributed by atoms with Crippen LogP contribution in [0.4, 0.5) is 4.79 Å². The van der Waals surface area contributed by atoms with Gasteiger partial charge in [-0.05, 0) is 55.9 Å². The number of carbonyl (C=O) groups is 3. The lowest BCUT2D eigenvalue weighted by atomic mass is 9.73. The molecule has 186 valence electrons. The Hall–Kier alpha value is -3.35. The number of benzene rings is 2. The van der Waals surface area contributed by atoms with Crippen LogP contribution < -0.4 is 10.6 Å². The molecule has 1 saturated carbocycles. The standard InChI is InChI=1S/C28H34N2O5/c1-27(2,25(33)30-28(3)15-9-8-14-23(28)24(31)32)17-29-26(34)35-16-22-20-12-6-4-10-18(20)19-11-5-7-13-21(19)22/h4-7,10-13,22-23H,8-9,14-17H2,1-3H3,(H,29,34)(H,30,33)(H,31,32). The van der Waals surface area contributed by atoms with Gasteiger partial charge in [0.05, 0.1) is 16.9 Å². The van der Waals surface area contributed by atoms with Crippen molar-refractivity contribution in [3.63, 3.8) is 0 Å². The van der Waals surface area contributed by atoms with Gasteiger partial charge in [0.1, 0.15) is 6.61 Å². The fourth-order valence-corrected chi connectivity index (χ4v) is 5.33. The Balaban J connectivity index is 1.34.